The Labute approximate surface area is 118 Å². The summed E-state index contributed by atoms with van der Waals surface area (Å²) in [6, 6.07) is 0.495. The molecule has 19 heavy (non-hydrogen) atoms. The predicted octanol–water partition coefficient (Wildman–Crippen LogP) is 1.17. The van der Waals surface area contributed by atoms with Crippen LogP contribution in [0.3, 0.4) is 0 Å². The third-order valence-corrected chi connectivity index (χ3v) is 4.48. The normalized spacial score (nSPS) is 26.4. The Kier molecular flexibility index (Phi) is 6.57. The van der Waals surface area contributed by atoms with Crippen molar-refractivity contribution < 1.29 is 4.74 Å². The summed E-state index contributed by atoms with van der Waals surface area (Å²) >= 11 is 0. The molecule has 112 valence electrons. The SMILES string of the molecule is CC(NCCN(C)CCN1CCCC1)C1CCCO1. The highest BCUT2D eigenvalue weighted by Gasteiger charge is 2.21. The molecule has 0 aromatic carbocycles. The minimum absolute atomic E-state index is 0.440. The maximum atomic E-state index is 5.70. The molecule has 4 heteroatoms. The minimum Gasteiger partial charge on any atom is -0.377 e. The second-order valence-electron chi connectivity index (χ2n) is 6.15. The third-order valence-electron chi connectivity index (χ3n) is 4.48. The standard InChI is InChI=1S/C15H31N3O/c1-14(15-6-5-13-19-15)16-7-10-17(2)11-12-18-8-3-4-9-18/h14-16H,3-13H2,1-2H3. The lowest BCUT2D eigenvalue weighted by Crippen LogP contribution is -2.41. The number of nitrogens with zero attached hydrogens (tertiary/aromatic N) is 2. The largest absolute Gasteiger partial charge is 0.377 e. The van der Waals surface area contributed by atoms with E-state index in [9.17, 15) is 0 Å². The number of hydrogen-bond acceptors (Lipinski definition) is 4. The van der Waals surface area contributed by atoms with E-state index in [0.717, 1.165) is 19.7 Å². The first-order valence-electron chi connectivity index (χ1n) is 8.01. The van der Waals surface area contributed by atoms with E-state index in [1.807, 2.05) is 0 Å². The van der Waals surface area contributed by atoms with Crippen molar-refractivity contribution in [3.05, 3.63) is 0 Å². The maximum Gasteiger partial charge on any atom is 0.0726 e. The zero-order valence-electron chi connectivity index (χ0n) is 12.7. The zero-order valence-corrected chi connectivity index (χ0v) is 12.7. The summed E-state index contributed by atoms with van der Waals surface area (Å²) in [4.78, 5) is 5.02. The summed E-state index contributed by atoms with van der Waals surface area (Å²) in [5.74, 6) is 0. The van der Waals surface area contributed by atoms with E-state index >= 15 is 0 Å². The summed E-state index contributed by atoms with van der Waals surface area (Å²) in [5, 5.41) is 3.60. The Morgan fingerprint density at radius 3 is 2.74 bits per heavy atom. The Bertz CT molecular complexity index is 238. The fraction of sp³-hybridized carbons (Fsp3) is 1.00. The Balaban J connectivity index is 1.49. The van der Waals surface area contributed by atoms with Gasteiger partial charge in [-0.2, -0.15) is 0 Å². The Morgan fingerprint density at radius 2 is 2.05 bits per heavy atom. The van der Waals surface area contributed by atoms with Gasteiger partial charge in [-0.3, -0.25) is 0 Å². The number of likely N-dealkylation sites (N-methyl/N-ethyl adjacent to an activating group) is 1. The fourth-order valence-corrected chi connectivity index (χ4v) is 3.04. The van der Waals surface area contributed by atoms with Gasteiger partial charge < -0.3 is 19.9 Å². The first-order chi connectivity index (χ1) is 9.25. The quantitative estimate of drug-likeness (QED) is 0.716. The molecule has 4 nitrogen and oxygen atoms in total. The zero-order chi connectivity index (χ0) is 13.5. The molecule has 2 fully saturated rings. The van der Waals surface area contributed by atoms with Crippen LogP contribution < -0.4 is 5.32 Å². The molecule has 0 amide bonds. The molecular formula is C15H31N3O. The summed E-state index contributed by atoms with van der Waals surface area (Å²) in [6.45, 7) is 10.4. The van der Waals surface area contributed by atoms with E-state index in [0.29, 0.717) is 12.1 Å². The molecule has 2 unspecified atom stereocenters. The smallest absolute Gasteiger partial charge is 0.0726 e. The third kappa shape index (κ3) is 5.38. The average molecular weight is 269 g/mol. The lowest BCUT2D eigenvalue weighted by molar-refractivity contribution is 0.0829. The van der Waals surface area contributed by atoms with Crippen molar-refractivity contribution in [1.82, 2.24) is 15.1 Å². The highest BCUT2D eigenvalue weighted by atomic mass is 16.5. The second kappa shape index (κ2) is 8.20. The van der Waals surface area contributed by atoms with E-state index in [-0.39, 0.29) is 0 Å². The molecule has 0 aromatic heterocycles. The fourth-order valence-electron chi connectivity index (χ4n) is 3.04. The molecule has 2 saturated heterocycles. The lowest BCUT2D eigenvalue weighted by Gasteiger charge is -2.24. The highest BCUT2D eigenvalue weighted by Crippen LogP contribution is 2.15. The van der Waals surface area contributed by atoms with E-state index in [1.54, 1.807) is 0 Å². The van der Waals surface area contributed by atoms with Crippen molar-refractivity contribution in [2.45, 2.75) is 44.8 Å². The number of rotatable bonds is 8. The average Bonchev–Trinajstić information content (AvgIpc) is 3.09. The Morgan fingerprint density at radius 1 is 1.26 bits per heavy atom. The number of ether oxygens (including phenoxy) is 1. The second-order valence-corrected chi connectivity index (χ2v) is 6.15. The van der Waals surface area contributed by atoms with Crippen LogP contribution in [0, 0.1) is 0 Å². The van der Waals surface area contributed by atoms with Crippen molar-refractivity contribution in [2.75, 3.05) is 52.9 Å². The summed E-state index contributed by atoms with van der Waals surface area (Å²) in [7, 11) is 2.23. The monoisotopic (exact) mass is 269 g/mol. The molecule has 2 aliphatic rings. The van der Waals surface area contributed by atoms with Gasteiger partial charge in [0.05, 0.1) is 6.10 Å². The van der Waals surface area contributed by atoms with Gasteiger partial charge in [0.2, 0.25) is 0 Å². The first kappa shape index (κ1) is 15.2. The van der Waals surface area contributed by atoms with Crippen LogP contribution in [0.2, 0.25) is 0 Å². The predicted molar refractivity (Wildman–Crippen MR) is 79.6 cm³/mol. The first-order valence-corrected chi connectivity index (χ1v) is 8.01. The molecule has 0 spiro atoms. The van der Waals surface area contributed by atoms with E-state index < -0.39 is 0 Å². The van der Waals surface area contributed by atoms with Gasteiger partial charge in [0.25, 0.3) is 0 Å². The van der Waals surface area contributed by atoms with Crippen LogP contribution >= 0.6 is 0 Å². The lowest BCUT2D eigenvalue weighted by atomic mass is 10.1. The molecule has 2 aliphatic heterocycles. The number of likely N-dealkylation sites (tertiary alicyclic amines) is 1. The molecule has 0 aromatic rings. The van der Waals surface area contributed by atoms with Gasteiger partial charge in [-0.1, -0.05) is 0 Å². The molecule has 0 radical (unpaired) electrons. The summed E-state index contributed by atoms with van der Waals surface area (Å²) in [5.41, 5.74) is 0. The molecular weight excluding hydrogens is 238 g/mol. The highest BCUT2D eigenvalue weighted by molar-refractivity contribution is 4.77. The van der Waals surface area contributed by atoms with Gasteiger partial charge in [0, 0.05) is 38.8 Å². The van der Waals surface area contributed by atoms with E-state index in [2.05, 4.69) is 29.1 Å². The number of hydrogen-bond donors (Lipinski definition) is 1. The molecule has 2 heterocycles. The van der Waals surface area contributed by atoms with Gasteiger partial charge in [0.15, 0.2) is 0 Å². The van der Waals surface area contributed by atoms with Crippen molar-refractivity contribution in [3.63, 3.8) is 0 Å². The van der Waals surface area contributed by atoms with Gasteiger partial charge >= 0.3 is 0 Å². The van der Waals surface area contributed by atoms with Crippen LogP contribution in [-0.4, -0.2) is 74.9 Å². The topological polar surface area (TPSA) is 27.7 Å². The molecule has 0 saturated carbocycles. The van der Waals surface area contributed by atoms with Crippen molar-refractivity contribution in [2.24, 2.45) is 0 Å². The van der Waals surface area contributed by atoms with Crippen molar-refractivity contribution in [1.29, 1.82) is 0 Å². The van der Waals surface area contributed by atoms with Crippen molar-refractivity contribution in [3.8, 4) is 0 Å². The molecule has 0 bridgehead atoms. The van der Waals surface area contributed by atoms with Gasteiger partial charge in [-0.05, 0) is 52.7 Å². The van der Waals surface area contributed by atoms with E-state index in [4.69, 9.17) is 4.74 Å². The van der Waals surface area contributed by atoms with Crippen LogP contribution in [0.4, 0.5) is 0 Å². The Hall–Kier alpha value is -0.160. The van der Waals surface area contributed by atoms with Crippen molar-refractivity contribution >= 4 is 0 Å². The maximum absolute atomic E-state index is 5.70. The van der Waals surface area contributed by atoms with Crippen LogP contribution in [0.25, 0.3) is 0 Å². The molecule has 2 atom stereocenters. The van der Waals surface area contributed by atoms with Crippen LogP contribution in [0.5, 0.6) is 0 Å². The molecule has 0 aliphatic carbocycles. The summed E-state index contributed by atoms with van der Waals surface area (Å²) < 4.78 is 5.70. The van der Waals surface area contributed by atoms with Gasteiger partial charge in [0.1, 0.15) is 0 Å². The minimum atomic E-state index is 0.440. The number of nitrogens with one attached hydrogen (secondary N) is 1. The molecule has 1 N–H and O–H groups in total. The van der Waals surface area contributed by atoms with Crippen LogP contribution in [0.15, 0.2) is 0 Å². The van der Waals surface area contributed by atoms with Crippen LogP contribution in [0.1, 0.15) is 32.6 Å². The van der Waals surface area contributed by atoms with Gasteiger partial charge in [-0.25, -0.2) is 0 Å². The van der Waals surface area contributed by atoms with E-state index in [1.165, 1.54) is 51.9 Å². The van der Waals surface area contributed by atoms with Crippen LogP contribution in [-0.2, 0) is 4.74 Å². The van der Waals surface area contributed by atoms with Gasteiger partial charge in [-0.15, -0.1) is 0 Å². The molecule has 2 rings (SSSR count). The summed E-state index contributed by atoms with van der Waals surface area (Å²) in [6.07, 6.45) is 5.68.